The van der Waals surface area contributed by atoms with Gasteiger partial charge in [0.25, 0.3) is 0 Å². The fraction of sp³-hybridized carbons (Fsp3) is 0.125. The third kappa shape index (κ3) is 4.29. The van der Waals surface area contributed by atoms with E-state index in [4.69, 9.17) is 25.5 Å². The van der Waals surface area contributed by atoms with Crippen molar-refractivity contribution < 1.29 is 18.7 Å². The Kier molecular flexibility index (Phi) is 5.47. The molecule has 0 spiro atoms. The number of esters is 1. The fourth-order valence-electron chi connectivity index (χ4n) is 3.45. The Labute approximate surface area is 189 Å². The van der Waals surface area contributed by atoms with Gasteiger partial charge in [0, 0.05) is 29.5 Å². The molecule has 0 atom stereocenters. The summed E-state index contributed by atoms with van der Waals surface area (Å²) in [4.78, 5) is 22.7. The van der Waals surface area contributed by atoms with Crippen molar-refractivity contribution in [1.29, 1.82) is 0 Å². The van der Waals surface area contributed by atoms with E-state index in [9.17, 15) is 4.79 Å². The zero-order valence-corrected chi connectivity index (χ0v) is 17.7. The van der Waals surface area contributed by atoms with Gasteiger partial charge in [-0.15, -0.1) is 0 Å². The van der Waals surface area contributed by atoms with E-state index >= 15 is 0 Å². The zero-order chi connectivity index (χ0) is 21.9. The van der Waals surface area contributed by atoms with Crippen LogP contribution in [0.5, 0.6) is 11.5 Å². The number of para-hydroxylation sites is 1. The van der Waals surface area contributed by atoms with E-state index in [1.807, 2.05) is 41.3 Å². The molecule has 1 aliphatic rings. The number of fused-ring (bicyclic) bond motifs is 2. The molecule has 0 radical (unpaired) electrons. The van der Waals surface area contributed by atoms with Crippen LogP contribution in [0.4, 0.5) is 5.69 Å². The lowest BCUT2D eigenvalue weighted by molar-refractivity contribution is 0.0465. The summed E-state index contributed by atoms with van der Waals surface area (Å²) >= 11 is 6.25. The second kappa shape index (κ2) is 8.72. The van der Waals surface area contributed by atoms with Gasteiger partial charge >= 0.3 is 5.97 Å². The monoisotopic (exact) mass is 447 g/mol. The van der Waals surface area contributed by atoms with Gasteiger partial charge in [-0.05, 0) is 42.0 Å². The highest BCUT2D eigenvalue weighted by molar-refractivity contribution is 6.31. The molecule has 1 aliphatic heterocycles. The van der Waals surface area contributed by atoms with Crippen molar-refractivity contribution in [3.8, 4) is 11.5 Å². The number of benzene rings is 2. The van der Waals surface area contributed by atoms with Crippen LogP contribution in [0.2, 0.25) is 5.02 Å². The lowest BCUT2D eigenvalue weighted by Crippen LogP contribution is -2.21. The Morgan fingerprint density at radius 3 is 2.81 bits per heavy atom. The number of hydrogen-bond donors (Lipinski definition) is 0. The van der Waals surface area contributed by atoms with E-state index in [1.165, 1.54) is 6.26 Å². The van der Waals surface area contributed by atoms with Gasteiger partial charge in [-0.1, -0.05) is 29.8 Å². The van der Waals surface area contributed by atoms with Gasteiger partial charge in [0.05, 0.1) is 12.2 Å². The SMILES string of the molecule is O=C(OCc1ccncc1)c1coc(CN2Cc3ccccc3Oc3ccc(Cl)cc32)n1. The summed E-state index contributed by atoms with van der Waals surface area (Å²) in [5, 5.41) is 0.594. The van der Waals surface area contributed by atoms with Crippen molar-refractivity contribution in [2.75, 3.05) is 4.90 Å². The van der Waals surface area contributed by atoms with Gasteiger partial charge < -0.3 is 18.8 Å². The molecule has 0 saturated carbocycles. The fourth-order valence-corrected chi connectivity index (χ4v) is 3.62. The van der Waals surface area contributed by atoms with Crippen molar-refractivity contribution >= 4 is 23.3 Å². The van der Waals surface area contributed by atoms with Crippen LogP contribution in [0.3, 0.4) is 0 Å². The minimum absolute atomic E-state index is 0.117. The predicted molar refractivity (Wildman–Crippen MR) is 118 cm³/mol. The molecule has 7 nitrogen and oxygen atoms in total. The Bertz CT molecular complexity index is 1260. The second-order valence-electron chi connectivity index (χ2n) is 7.24. The molecule has 5 rings (SSSR count). The van der Waals surface area contributed by atoms with Crippen LogP contribution >= 0.6 is 11.6 Å². The van der Waals surface area contributed by atoms with Gasteiger partial charge in [0.15, 0.2) is 11.4 Å². The number of pyridine rings is 1. The van der Waals surface area contributed by atoms with Gasteiger partial charge in [0.2, 0.25) is 5.89 Å². The summed E-state index contributed by atoms with van der Waals surface area (Å²) in [5.41, 5.74) is 2.79. The van der Waals surface area contributed by atoms with Crippen LogP contribution in [-0.2, 0) is 24.4 Å². The van der Waals surface area contributed by atoms with Crippen molar-refractivity contribution in [2.24, 2.45) is 0 Å². The topological polar surface area (TPSA) is 77.7 Å². The highest BCUT2D eigenvalue weighted by Crippen LogP contribution is 2.40. The average molecular weight is 448 g/mol. The number of hydrogen-bond acceptors (Lipinski definition) is 7. The van der Waals surface area contributed by atoms with Crippen LogP contribution in [0, 0.1) is 0 Å². The highest BCUT2D eigenvalue weighted by atomic mass is 35.5. The molecule has 0 fully saturated rings. The first kappa shape index (κ1) is 20.1. The number of aromatic nitrogens is 2. The van der Waals surface area contributed by atoms with E-state index in [1.54, 1.807) is 30.6 Å². The maximum Gasteiger partial charge on any atom is 0.360 e. The summed E-state index contributed by atoms with van der Waals surface area (Å²) in [6, 6.07) is 16.9. The molecule has 4 aromatic rings. The summed E-state index contributed by atoms with van der Waals surface area (Å²) in [7, 11) is 0. The number of ether oxygens (including phenoxy) is 2. The predicted octanol–water partition coefficient (Wildman–Crippen LogP) is 5.39. The number of nitrogens with zero attached hydrogens (tertiary/aromatic N) is 3. The molecular formula is C24H18ClN3O4. The third-order valence-electron chi connectivity index (χ3n) is 5.02. The first-order valence-corrected chi connectivity index (χ1v) is 10.3. The van der Waals surface area contributed by atoms with E-state index in [0.29, 0.717) is 29.8 Å². The number of halogens is 1. The normalized spacial score (nSPS) is 12.3. The molecule has 0 amide bonds. The molecule has 0 unspecified atom stereocenters. The molecule has 0 saturated heterocycles. The molecule has 32 heavy (non-hydrogen) atoms. The first-order chi connectivity index (χ1) is 15.7. The summed E-state index contributed by atoms with van der Waals surface area (Å²) in [5.74, 6) is 1.30. The zero-order valence-electron chi connectivity index (χ0n) is 16.9. The maximum absolute atomic E-state index is 12.4. The largest absolute Gasteiger partial charge is 0.456 e. The quantitative estimate of drug-likeness (QED) is 0.379. The Morgan fingerprint density at radius 2 is 1.94 bits per heavy atom. The molecule has 160 valence electrons. The van der Waals surface area contributed by atoms with Crippen LogP contribution in [0.1, 0.15) is 27.5 Å². The number of rotatable bonds is 5. The molecule has 8 heteroatoms. The lowest BCUT2D eigenvalue weighted by atomic mass is 10.2. The molecule has 3 heterocycles. The first-order valence-electron chi connectivity index (χ1n) is 9.96. The smallest absolute Gasteiger partial charge is 0.360 e. The molecular weight excluding hydrogens is 430 g/mol. The van der Waals surface area contributed by atoms with Gasteiger partial charge in [-0.25, -0.2) is 9.78 Å². The van der Waals surface area contributed by atoms with Gasteiger partial charge in [0.1, 0.15) is 18.6 Å². The van der Waals surface area contributed by atoms with E-state index < -0.39 is 5.97 Å². The summed E-state index contributed by atoms with van der Waals surface area (Å²) in [6.45, 7) is 1.02. The van der Waals surface area contributed by atoms with E-state index in [0.717, 1.165) is 22.6 Å². The second-order valence-corrected chi connectivity index (χ2v) is 7.67. The molecule has 0 bridgehead atoms. The minimum atomic E-state index is -0.551. The van der Waals surface area contributed by atoms with E-state index in [2.05, 4.69) is 9.97 Å². The summed E-state index contributed by atoms with van der Waals surface area (Å²) in [6.07, 6.45) is 4.60. The lowest BCUT2D eigenvalue weighted by Gasteiger charge is -2.22. The molecule has 0 aliphatic carbocycles. The van der Waals surface area contributed by atoms with Gasteiger partial charge in [-0.3, -0.25) is 4.98 Å². The maximum atomic E-state index is 12.4. The van der Waals surface area contributed by atoms with Gasteiger partial charge in [-0.2, -0.15) is 0 Å². The van der Waals surface area contributed by atoms with Crippen LogP contribution < -0.4 is 9.64 Å². The Morgan fingerprint density at radius 1 is 1.09 bits per heavy atom. The van der Waals surface area contributed by atoms with Crippen molar-refractivity contribution in [3.63, 3.8) is 0 Å². The Balaban J connectivity index is 1.35. The third-order valence-corrected chi connectivity index (χ3v) is 5.26. The highest BCUT2D eigenvalue weighted by Gasteiger charge is 2.23. The number of oxazole rings is 1. The molecule has 2 aromatic carbocycles. The van der Waals surface area contributed by atoms with Crippen LogP contribution in [0.25, 0.3) is 0 Å². The van der Waals surface area contributed by atoms with Crippen LogP contribution in [0.15, 0.2) is 77.7 Å². The Hall–Kier alpha value is -3.84. The number of anilines is 1. The van der Waals surface area contributed by atoms with Crippen molar-refractivity contribution in [1.82, 2.24) is 9.97 Å². The van der Waals surface area contributed by atoms with Crippen molar-refractivity contribution in [2.45, 2.75) is 19.7 Å². The summed E-state index contributed by atoms with van der Waals surface area (Å²) < 4.78 is 17.0. The molecule has 2 aromatic heterocycles. The minimum Gasteiger partial charge on any atom is -0.456 e. The average Bonchev–Trinajstić information content (AvgIpc) is 3.22. The van der Waals surface area contributed by atoms with E-state index in [-0.39, 0.29) is 12.3 Å². The molecule has 0 N–H and O–H groups in total. The van der Waals surface area contributed by atoms with Crippen LogP contribution in [-0.4, -0.2) is 15.9 Å². The number of carbonyl (C=O) groups is 1. The van der Waals surface area contributed by atoms with Crippen molar-refractivity contribution in [3.05, 3.63) is 101 Å². The standard InChI is InChI=1S/C24H18ClN3O4/c25-18-5-6-22-20(11-18)28(12-17-3-1-2-4-21(17)32-22)13-23-27-19(15-30-23)24(29)31-14-16-7-9-26-10-8-16/h1-11,15H,12-14H2. The number of carbonyl (C=O) groups excluding carboxylic acids is 1.